The number of benzene rings is 1. The average Bonchev–Trinajstić information content (AvgIpc) is 2.27. The number of esters is 1. The van der Waals surface area contributed by atoms with E-state index in [-0.39, 0.29) is 6.42 Å². The van der Waals surface area contributed by atoms with Crippen molar-refractivity contribution in [3.8, 4) is 6.07 Å². The Morgan fingerprint density at radius 1 is 1.53 bits per heavy atom. The molecule has 0 bridgehead atoms. The monoisotopic (exact) mass is 223 g/mol. The van der Waals surface area contributed by atoms with E-state index in [0.717, 1.165) is 5.56 Å². The van der Waals surface area contributed by atoms with E-state index in [1.54, 1.807) is 24.3 Å². The summed E-state index contributed by atoms with van der Waals surface area (Å²) in [6.07, 6.45) is 0.0641. The summed E-state index contributed by atoms with van der Waals surface area (Å²) in [4.78, 5) is 11.0. The van der Waals surface area contributed by atoms with Gasteiger partial charge in [-0.1, -0.05) is 23.7 Å². The first-order valence-electron chi connectivity index (χ1n) is 4.39. The number of nitrogens with zero attached hydrogens (tertiary/aromatic N) is 1. The summed E-state index contributed by atoms with van der Waals surface area (Å²) in [5.74, 6) is -0.869. The van der Waals surface area contributed by atoms with E-state index < -0.39 is 11.9 Å². The topological polar surface area (TPSA) is 50.1 Å². The predicted molar refractivity (Wildman–Crippen MR) is 56.4 cm³/mol. The Bertz CT molecular complexity index is 381. The van der Waals surface area contributed by atoms with E-state index in [2.05, 4.69) is 10.8 Å². The molecule has 0 aliphatic carbocycles. The third kappa shape index (κ3) is 3.26. The number of nitriles is 1. The Morgan fingerprint density at radius 2 is 2.13 bits per heavy atom. The van der Waals surface area contributed by atoms with Crippen LogP contribution in [0, 0.1) is 11.3 Å². The van der Waals surface area contributed by atoms with Gasteiger partial charge in [-0.3, -0.25) is 4.79 Å². The van der Waals surface area contributed by atoms with Crippen LogP contribution in [-0.2, 0) is 9.53 Å². The highest BCUT2D eigenvalue weighted by Crippen LogP contribution is 2.21. The summed E-state index contributed by atoms with van der Waals surface area (Å²) in [5.41, 5.74) is 0.771. The molecule has 1 aromatic carbocycles. The summed E-state index contributed by atoms with van der Waals surface area (Å²) >= 11 is 5.72. The number of carbonyl (C=O) groups excluding carboxylic acids is 1. The standard InChI is InChI=1S/C11H10ClNO2/c1-15-11(14)6-9(7-13)8-2-4-10(12)5-3-8/h2-5,9H,6H2,1H3/t9-/m0/s1. The van der Waals surface area contributed by atoms with E-state index in [1.807, 2.05) is 0 Å². The zero-order valence-electron chi connectivity index (χ0n) is 8.24. The fourth-order valence-electron chi connectivity index (χ4n) is 1.18. The van der Waals surface area contributed by atoms with Crippen LogP contribution in [0.4, 0.5) is 0 Å². The number of carbonyl (C=O) groups is 1. The molecule has 0 aliphatic rings. The summed E-state index contributed by atoms with van der Waals surface area (Å²) in [5, 5.41) is 9.51. The summed E-state index contributed by atoms with van der Waals surface area (Å²) in [7, 11) is 1.30. The number of rotatable bonds is 3. The molecule has 0 fully saturated rings. The van der Waals surface area contributed by atoms with Crippen molar-refractivity contribution in [3.05, 3.63) is 34.9 Å². The Kier molecular flexibility index (Phi) is 4.14. The zero-order valence-corrected chi connectivity index (χ0v) is 8.99. The third-order valence-corrected chi connectivity index (χ3v) is 2.28. The highest BCUT2D eigenvalue weighted by Gasteiger charge is 2.15. The molecular weight excluding hydrogens is 214 g/mol. The van der Waals surface area contributed by atoms with Gasteiger partial charge in [0.1, 0.15) is 0 Å². The Labute approximate surface area is 93.2 Å². The first-order valence-corrected chi connectivity index (χ1v) is 4.77. The Morgan fingerprint density at radius 3 is 2.60 bits per heavy atom. The van der Waals surface area contributed by atoms with Gasteiger partial charge >= 0.3 is 5.97 Å². The van der Waals surface area contributed by atoms with Crippen LogP contribution in [0.1, 0.15) is 17.9 Å². The van der Waals surface area contributed by atoms with Crippen LogP contribution in [0.5, 0.6) is 0 Å². The maximum Gasteiger partial charge on any atom is 0.307 e. The van der Waals surface area contributed by atoms with Gasteiger partial charge in [-0.05, 0) is 17.7 Å². The lowest BCUT2D eigenvalue weighted by molar-refractivity contribution is -0.140. The van der Waals surface area contributed by atoms with Crippen LogP contribution in [0.25, 0.3) is 0 Å². The summed E-state index contributed by atoms with van der Waals surface area (Å²) in [6, 6.07) is 8.92. The van der Waals surface area contributed by atoms with E-state index >= 15 is 0 Å². The molecule has 0 spiro atoms. The van der Waals surface area contributed by atoms with Crippen molar-refractivity contribution in [1.29, 1.82) is 5.26 Å². The number of ether oxygens (including phenoxy) is 1. The number of methoxy groups -OCH3 is 1. The first-order chi connectivity index (χ1) is 7.17. The minimum absolute atomic E-state index is 0.0641. The molecule has 1 atom stereocenters. The highest BCUT2D eigenvalue weighted by molar-refractivity contribution is 6.30. The molecule has 15 heavy (non-hydrogen) atoms. The maximum atomic E-state index is 11.0. The number of hydrogen-bond acceptors (Lipinski definition) is 3. The molecule has 0 saturated carbocycles. The molecule has 1 rings (SSSR count). The summed E-state index contributed by atoms with van der Waals surface area (Å²) in [6.45, 7) is 0. The van der Waals surface area contributed by atoms with Gasteiger partial charge in [0.25, 0.3) is 0 Å². The van der Waals surface area contributed by atoms with Crippen molar-refractivity contribution in [1.82, 2.24) is 0 Å². The summed E-state index contributed by atoms with van der Waals surface area (Å²) < 4.78 is 4.51. The predicted octanol–water partition coefficient (Wildman–Crippen LogP) is 2.51. The fourth-order valence-corrected chi connectivity index (χ4v) is 1.31. The lowest BCUT2D eigenvalue weighted by Crippen LogP contribution is -2.07. The van der Waals surface area contributed by atoms with Gasteiger partial charge in [-0.2, -0.15) is 5.26 Å². The van der Waals surface area contributed by atoms with Gasteiger partial charge in [0.2, 0.25) is 0 Å². The van der Waals surface area contributed by atoms with Gasteiger partial charge in [-0.15, -0.1) is 0 Å². The molecule has 0 radical (unpaired) electrons. The Hall–Kier alpha value is -1.53. The van der Waals surface area contributed by atoms with Crippen LogP contribution in [0.15, 0.2) is 24.3 Å². The van der Waals surface area contributed by atoms with E-state index in [1.165, 1.54) is 7.11 Å². The molecular formula is C11H10ClNO2. The van der Waals surface area contributed by atoms with Gasteiger partial charge in [-0.25, -0.2) is 0 Å². The molecule has 0 amide bonds. The SMILES string of the molecule is COC(=O)C[C@@H](C#N)c1ccc(Cl)cc1. The van der Waals surface area contributed by atoms with E-state index in [4.69, 9.17) is 16.9 Å². The van der Waals surface area contributed by atoms with E-state index in [0.29, 0.717) is 5.02 Å². The van der Waals surface area contributed by atoms with E-state index in [9.17, 15) is 4.79 Å². The molecule has 3 nitrogen and oxygen atoms in total. The van der Waals surface area contributed by atoms with Gasteiger partial charge in [0.15, 0.2) is 0 Å². The Balaban J connectivity index is 2.80. The van der Waals surface area contributed by atoms with Crippen molar-refractivity contribution in [2.75, 3.05) is 7.11 Å². The van der Waals surface area contributed by atoms with Crippen molar-refractivity contribution in [3.63, 3.8) is 0 Å². The normalized spacial score (nSPS) is 11.5. The molecule has 0 N–H and O–H groups in total. The van der Waals surface area contributed by atoms with Crippen molar-refractivity contribution in [2.45, 2.75) is 12.3 Å². The smallest absolute Gasteiger partial charge is 0.307 e. The third-order valence-electron chi connectivity index (χ3n) is 2.03. The van der Waals surface area contributed by atoms with Crippen LogP contribution in [-0.4, -0.2) is 13.1 Å². The largest absolute Gasteiger partial charge is 0.469 e. The molecule has 0 unspecified atom stereocenters. The molecule has 0 aliphatic heterocycles. The minimum Gasteiger partial charge on any atom is -0.469 e. The lowest BCUT2D eigenvalue weighted by atomic mass is 9.97. The molecule has 4 heteroatoms. The second-order valence-corrected chi connectivity index (χ2v) is 3.45. The molecule has 0 heterocycles. The van der Waals surface area contributed by atoms with Crippen LogP contribution in [0.2, 0.25) is 5.02 Å². The fraction of sp³-hybridized carbons (Fsp3) is 0.273. The quantitative estimate of drug-likeness (QED) is 0.740. The number of halogens is 1. The van der Waals surface area contributed by atoms with Gasteiger partial charge < -0.3 is 4.74 Å². The molecule has 1 aromatic rings. The minimum atomic E-state index is -0.477. The molecule has 78 valence electrons. The van der Waals surface area contributed by atoms with Crippen molar-refractivity contribution < 1.29 is 9.53 Å². The van der Waals surface area contributed by atoms with Crippen LogP contribution >= 0.6 is 11.6 Å². The molecule has 0 aromatic heterocycles. The average molecular weight is 224 g/mol. The zero-order chi connectivity index (χ0) is 11.3. The van der Waals surface area contributed by atoms with Crippen molar-refractivity contribution >= 4 is 17.6 Å². The second kappa shape index (κ2) is 5.38. The first kappa shape index (κ1) is 11.5. The van der Waals surface area contributed by atoms with Crippen LogP contribution in [0.3, 0.4) is 0 Å². The molecule has 0 saturated heterocycles. The van der Waals surface area contributed by atoms with Gasteiger partial charge in [0.05, 0.1) is 25.5 Å². The van der Waals surface area contributed by atoms with Crippen molar-refractivity contribution in [2.24, 2.45) is 0 Å². The maximum absolute atomic E-state index is 11.0. The highest BCUT2D eigenvalue weighted by atomic mass is 35.5. The lowest BCUT2D eigenvalue weighted by Gasteiger charge is -2.07. The number of hydrogen-bond donors (Lipinski definition) is 0. The van der Waals surface area contributed by atoms with Crippen LogP contribution < -0.4 is 0 Å². The van der Waals surface area contributed by atoms with Gasteiger partial charge in [0, 0.05) is 5.02 Å². The second-order valence-electron chi connectivity index (χ2n) is 3.01.